The Labute approximate surface area is 94.3 Å². The molecule has 0 spiro atoms. The van der Waals surface area contributed by atoms with E-state index < -0.39 is 18.1 Å². The predicted octanol–water partition coefficient (Wildman–Crippen LogP) is 3.57. The molecule has 1 nitrogen and oxygen atoms in total. The molecule has 0 aliphatic heterocycles. The van der Waals surface area contributed by atoms with Gasteiger partial charge in [-0.2, -0.15) is 13.2 Å². The highest BCUT2D eigenvalue weighted by Gasteiger charge is 2.40. The van der Waals surface area contributed by atoms with E-state index in [1.165, 1.54) is 12.1 Å². The number of alkyl halides is 3. The number of fused-ring (bicyclic) bond motifs is 1. The summed E-state index contributed by atoms with van der Waals surface area (Å²) in [4.78, 5) is 0. The Bertz CT molecular complexity index is 548. The van der Waals surface area contributed by atoms with Gasteiger partial charge in [0.25, 0.3) is 0 Å². The second-order valence-electron chi connectivity index (χ2n) is 3.66. The number of hydrogen-bond donors (Lipinski definition) is 1. The van der Waals surface area contributed by atoms with Crippen molar-refractivity contribution in [3.05, 3.63) is 47.8 Å². The van der Waals surface area contributed by atoms with Crippen LogP contribution in [-0.4, -0.2) is 11.3 Å². The summed E-state index contributed by atoms with van der Waals surface area (Å²) in [6.45, 7) is 0. The molecule has 5 heteroatoms. The molecule has 1 atom stereocenters. The summed E-state index contributed by atoms with van der Waals surface area (Å²) in [6.07, 6.45) is -7.37. The zero-order valence-electron chi connectivity index (χ0n) is 8.50. The zero-order valence-corrected chi connectivity index (χ0v) is 8.50. The quantitative estimate of drug-likeness (QED) is 0.760. The Morgan fingerprint density at radius 2 is 1.76 bits per heavy atom. The molecule has 0 bridgehead atoms. The molecule has 90 valence electrons. The van der Waals surface area contributed by atoms with Crippen LogP contribution >= 0.6 is 0 Å². The van der Waals surface area contributed by atoms with Crippen molar-refractivity contribution in [2.24, 2.45) is 0 Å². The molecule has 0 radical (unpaired) electrons. The highest BCUT2D eigenvalue weighted by atomic mass is 19.4. The summed E-state index contributed by atoms with van der Waals surface area (Å²) in [5, 5.41) is 9.72. The minimum atomic E-state index is -4.76. The van der Waals surface area contributed by atoms with Gasteiger partial charge in [-0.15, -0.1) is 0 Å². The summed E-state index contributed by atoms with van der Waals surface area (Å²) >= 11 is 0. The lowest BCUT2D eigenvalue weighted by Gasteiger charge is -2.16. The first-order valence-electron chi connectivity index (χ1n) is 4.82. The van der Waals surface area contributed by atoms with Crippen LogP contribution in [0.2, 0.25) is 0 Å². The van der Waals surface area contributed by atoms with Crippen LogP contribution in [0.5, 0.6) is 0 Å². The van der Waals surface area contributed by atoms with Gasteiger partial charge < -0.3 is 5.11 Å². The molecule has 0 saturated carbocycles. The fraction of sp³-hybridized carbons (Fsp3) is 0.167. The molecular weight excluding hydrogens is 236 g/mol. The third kappa shape index (κ3) is 2.24. The summed E-state index contributed by atoms with van der Waals surface area (Å²) in [6, 6.07) is 7.61. The van der Waals surface area contributed by atoms with E-state index in [2.05, 4.69) is 0 Å². The average Bonchev–Trinajstić information content (AvgIpc) is 2.26. The van der Waals surface area contributed by atoms with Crippen LogP contribution in [-0.2, 0) is 0 Å². The smallest absolute Gasteiger partial charge is 0.379 e. The van der Waals surface area contributed by atoms with E-state index in [0.29, 0.717) is 5.39 Å². The number of rotatable bonds is 1. The third-order valence-electron chi connectivity index (χ3n) is 2.48. The SMILES string of the molecule is OC(c1cccc2ccc(F)cc12)C(F)(F)F. The van der Waals surface area contributed by atoms with Crippen molar-refractivity contribution in [1.29, 1.82) is 0 Å². The monoisotopic (exact) mass is 244 g/mol. The minimum Gasteiger partial charge on any atom is -0.379 e. The normalized spacial score (nSPS) is 13.9. The molecule has 1 unspecified atom stereocenters. The molecule has 0 aliphatic rings. The molecule has 17 heavy (non-hydrogen) atoms. The molecule has 0 aliphatic carbocycles. The van der Waals surface area contributed by atoms with Crippen LogP contribution in [0.25, 0.3) is 10.8 Å². The first-order chi connectivity index (χ1) is 7.89. The average molecular weight is 244 g/mol. The highest BCUT2D eigenvalue weighted by molar-refractivity contribution is 5.86. The molecule has 0 aromatic heterocycles. The maximum Gasteiger partial charge on any atom is 0.418 e. The van der Waals surface area contributed by atoms with Gasteiger partial charge in [-0.1, -0.05) is 24.3 Å². The Balaban J connectivity index is 2.65. The van der Waals surface area contributed by atoms with Crippen molar-refractivity contribution in [1.82, 2.24) is 0 Å². The van der Waals surface area contributed by atoms with Crippen LogP contribution in [0.4, 0.5) is 17.6 Å². The molecule has 2 rings (SSSR count). The number of hydrogen-bond acceptors (Lipinski definition) is 1. The van der Waals surface area contributed by atoms with E-state index in [0.717, 1.165) is 18.2 Å². The fourth-order valence-corrected chi connectivity index (χ4v) is 1.68. The van der Waals surface area contributed by atoms with Gasteiger partial charge in [0.05, 0.1) is 0 Å². The molecule has 0 amide bonds. The number of benzene rings is 2. The van der Waals surface area contributed by atoms with E-state index in [-0.39, 0.29) is 10.9 Å². The Morgan fingerprint density at radius 3 is 2.41 bits per heavy atom. The summed E-state index contributed by atoms with van der Waals surface area (Å²) in [5.41, 5.74) is -0.338. The van der Waals surface area contributed by atoms with Crippen LogP contribution in [0.3, 0.4) is 0 Å². The molecular formula is C12H8F4O. The van der Waals surface area contributed by atoms with Gasteiger partial charge in [-0.3, -0.25) is 0 Å². The predicted molar refractivity (Wildman–Crippen MR) is 54.9 cm³/mol. The van der Waals surface area contributed by atoms with Crippen molar-refractivity contribution in [2.75, 3.05) is 0 Å². The molecule has 0 heterocycles. The van der Waals surface area contributed by atoms with Crippen molar-refractivity contribution < 1.29 is 22.7 Å². The van der Waals surface area contributed by atoms with Crippen molar-refractivity contribution in [2.45, 2.75) is 12.3 Å². The van der Waals surface area contributed by atoms with E-state index in [4.69, 9.17) is 0 Å². The number of aliphatic hydroxyl groups excluding tert-OH is 1. The first-order valence-corrected chi connectivity index (χ1v) is 4.82. The Morgan fingerprint density at radius 1 is 1.06 bits per heavy atom. The van der Waals surface area contributed by atoms with E-state index in [1.54, 1.807) is 6.07 Å². The Hall–Kier alpha value is -1.62. The van der Waals surface area contributed by atoms with E-state index in [9.17, 15) is 22.7 Å². The third-order valence-corrected chi connectivity index (χ3v) is 2.48. The van der Waals surface area contributed by atoms with Gasteiger partial charge in [0.2, 0.25) is 0 Å². The van der Waals surface area contributed by atoms with Crippen LogP contribution < -0.4 is 0 Å². The molecule has 1 N–H and O–H groups in total. The molecule has 2 aromatic rings. The first kappa shape index (κ1) is 11.9. The topological polar surface area (TPSA) is 20.2 Å². The standard InChI is InChI=1S/C12H8F4O/c13-8-5-4-7-2-1-3-9(10(7)6-8)11(17)12(14,15)16/h1-6,11,17H. The van der Waals surface area contributed by atoms with Crippen molar-refractivity contribution in [3.8, 4) is 0 Å². The van der Waals surface area contributed by atoms with Gasteiger partial charge in [0.15, 0.2) is 6.10 Å². The molecule has 2 aromatic carbocycles. The van der Waals surface area contributed by atoms with Gasteiger partial charge in [-0.05, 0) is 28.5 Å². The molecule has 0 fully saturated rings. The summed E-state index contributed by atoms with van der Waals surface area (Å²) in [5.74, 6) is -0.640. The second-order valence-corrected chi connectivity index (χ2v) is 3.66. The van der Waals surface area contributed by atoms with Crippen LogP contribution in [0.1, 0.15) is 11.7 Å². The lowest BCUT2D eigenvalue weighted by Crippen LogP contribution is -2.20. The van der Waals surface area contributed by atoms with Gasteiger partial charge in [0, 0.05) is 0 Å². The van der Waals surface area contributed by atoms with Crippen LogP contribution in [0.15, 0.2) is 36.4 Å². The molecule has 0 saturated heterocycles. The zero-order chi connectivity index (χ0) is 12.6. The summed E-state index contributed by atoms with van der Waals surface area (Å²) in [7, 11) is 0. The van der Waals surface area contributed by atoms with Crippen molar-refractivity contribution in [3.63, 3.8) is 0 Å². The summed E-state index contributed by atoms with van der Waals surface area (Å²) < 4.78 is 50.3. The van der Waals surface area contributed by atoms with Gasteiger partial charge in [0.1, 0.15) is 5.82 Å². The van der Waals surface area contributed by atoms with Crippen LogP contribution in [0, 0.1) is 5.82 Å². The maximum atomic E-state index is 13.0. The van der Waals surface area contributed by atoms with E-state index >= 15 is 0 Å². The lowest BCUT2D eigenvalue weighted by atomic mass is 10.00. The number of aliphatic hydroxyl groups is 1. The lowest BCUT2D eigenvalue weighted by molar-refractivity contribution is -0.206. The highest BCUT2D eigenvalue weighted by Crippen LogP contribution is 2.36. The van der Waals surface area contributed by atoms with Crippen molar-refractivity contribution >= 4 is 10.8 Å². The minimum absolute atomic E-state index is 0.0670. The Kier molecular flexibility index (Phi) is 2.79. The van der Waals surface area contributed by atoms with E-state index in [1.807, 2.05) is 0 Å². The number of halogens is 4. The van der Waals surface area contributed by atoms with Gasteiger partial charge >= 0.3 is 6.18 Å². The fourth-order valence-electron chi connectivity index (χ4n) is 1.68. The second kappa shape index (κ2) is 4.00. The largest absolute Gasteiger partial charge is 0.418 e. The maximum absolute atomic E-state index is 13.0. The van der Waals surface area contributed by atoms with Gasteiger partial charge in [-0.25, -0.2) is 4.39 Å².